The van der Waals surface area contributed by atoms with Crippen molar-refractivity contribution in [1.29, 1.82) is 0 Å². The van der Waals surface area contributed by atoms with Crippen LogP contribution in [0.1, 0.15) is 41.1 Å². The van der Waals surface area contributed by atoms with Crippen LogP contribution in [0.15, 0.2) is 186 Å². The third kappa shape index (κ3) is 4.33. The van der Waals surface area contributed by atoms with Crippen molar-refractivity contribution in [3.05, 3.63) is 181 Å². The Labute approximate surface area is 326 Å². The lowest BCUT2D eigenvalue weighted by Crippen LogP contribution is -1.92. The Kier molecular flexibility index (Phi) is 2.50. The van der Waals surface area contributed by atoms with E-state index in [0.29, 0.717) is 0 Å². The van der Waals surface area contributed by atoms with Gasteiger partial charge >= 0.3 is 0 Å². The van der Waals surface area contributed by atoms with Gasteiger partial charge in [0.05, 0.1) is 41.1 Å². The van der Waals surface area contributed by atoms with Gasteiger partial charge in [0.25, 0.3) is 0 Å². The first-order chi connectivity index (χ1) is 36.8. The fourth-order valence-corrected chi connectivity index (χ4v) is 5.94. The van der Waals surface area contributed by atoms with Crippen LogP contribution >= 0.6 is 0 Å². The number of benzene rings is 9. The zero-order valence-corrected chi connectivity index (χ0v) is 24.4. The van der Waals surface area contributed by atoms with Crippen LogP contribution in [0.2, 0.25) is 0 Å². The summed E-state index contributed by atoms with van der Waals surface area (Å²) in [5.74, 6) is 0. The summed E-state index contributed by atoms with van der Waals surface area (Å²) < 4.78 is 277. The van der Waals surface area contributed by atoms with Crippen molar-refractivity contribution in [2.75, 3.05) is 0 Å². The number of rotatable bonds is 4. The van der Waals surface area contributed by atoms with E-state index in [4.69, 9.17) is 33.2 Å². The fourth-order valence-electron chi connectivity index (χ4n) is 5.94. The molecule has 0 fully saturated rings. The van der Waals surface area contributed by atoms with Crippen LogP contribution in [0.25, 0.3) is 98.8 Å². The molecule has 0 unspecified atom stereocenters. The van der Waals surface area contributed by atoms with Gasteiger partial charge in [0.1, 0.15) is 11.2 Å². The molecule has 0 saturated carbocycles. The minimum atomic E-state index is -1.20. The predicted octanol–water partition coefficient (Wildman–Crippen LogP) is 13.7. The van der Waals surface area contributed by atoms with E-state index in [2.05, 4.69) is 0 Å². The first-order valence-corrected chi connectivity index (χ1v) is 14.4. The molecule has 0 radical (unpaired) electrons. The number of hydrogen-bond acceptors (Lipinski definition) is 1. The molecule has 10 aromatic rings. The maximum absolute atomic E-state index is 10.1. The summed E-state index contributed by atoms with van der Waals surface area (Å²) in [5.41, 5.74) is -8.38. The topological polar surface area (TPSA) is 13.1 Å². The van der Waals surface area contributed by atoms with E-state index in [0.717, 1.165) is 0 Å². The highest BCUT2D eigenvalue weighted by molar-refractivity contribution is 6.27. The summed E-state index contributed by atoms with van der Waals surface area (Å²) in [4.78, 5) is 0. The predicted molar refractivity (Wildman–Crippen MR) is 208 cm³/mol. The van der Waals surface area contributed by atoms with Crippen LogP contribution in [0.3, 0.4) is 0 Å². The lowest BCUT2D eigenvalue weighted by atomic mass is 9.83. The lowest BCUT2D eigenvalue weighted by Gasteiger charge is -2.19. The van der Waals surface area contributed by atoms with Crippen molar-refractivity contribution in [3.8, 4) is 44.5 Å². The van der Waals surface area contributed by atoms with E-state index in [1.807, 2.05) is 0 Å². The van der Waals surface area contributed by atoms with Gasteiger partial charge in [-0.25, -0.2) is 0 Å². The van der Waals surface area contributed by atoms with Crippen molar-refractivity contribution in [3.63, 3.8) is 0 Å². The van der Waals surface area contributed by atoms with Crippen molar-refractivity contribution in [2.45, 2.75) is 0 Å². The number of furan rings is 1. The Balaban J connectivity index is 1.56. The van der Waals surface area contributed by atoms with E-state index in [1.165, 1.54) is 0 Å². The molecule has 1 heteroatoms. The van der Waals surface area contributed by atoms with Gasteiger partial charge in [-0.05, 0) is 89.6 Å². The normalized spacial score (nSPS) is 20.2. The SMILES string of the molecule is [2H]c1c([2H])c([2H])c(-c2c([2H])c([2H])c(-c3c4c([2H])c([2H])c([2H])c([2H])c4c(-c4c([2H])c([2H])c([2H])c5oc6c7c([2H])c([2H])c([2H])c([2H])c7c([2H])c([2H])c6c45)c4c([2H])c([2H])c([2H])c([2H])c34)c([2H])c2-c2c([2H])c([2H])c([2H])c([2H])c2[2H])c([2H])c1[2H]. The van der Waals surface area contributed by atoms with E-state index in [-0.39, 0.29) is 0 Å². The average Bonchev–Trinajstić information content (AvgIpc) is 4.00. The van der Waals surface area contributed by atoms with Gasteiger partial charge in [0.15, 0.2) is 0 Å². The quantitative estimate of drug-likeness (QED) is 0.172. The molecule has 1 nitrogen and oxygen atoms in total. The van der Waals surface area contributed by atoms with Crippen LogP contribution in [0, 0.1) is 0 Å². The Hall–Kier alpha value is -6.44. The zero-order chi connectivity index (χ0) is 58.4. The highest BCUT2D eigenvalue weighted by atomic mass is 16.3. The van der Waals surface area contributed by atoms with E-state index < -0.39 is 280 Å². The van der Waals surface area contributed by atoms with Crippen LogP contribution in [-0.2, 0) is 0 Å². The Morgan fingerprint density at radius 2 is 0.918 bits per heavy atom. The molecular formula is C48H30O. The third-order valence-electron chi connectivity index (χ3n) is 7.94. The smallest absolute Gasteiger partial charge is 0.143 e. The van der Waals surface area contributed by atoms with E-state index in [1.54, 1.807) is 0 Å². The first kappa shape index (κ1) is 11.1. The molecule has 0 spiro atoms. The van der Waals surface area contributed by atoms with Crippen LogP contribution in [0.4, 0.5) is 0 Å². The largest absolute Gasteiger partial charge is 0.455 e. The van der Waals surface area contributed by atoms with Crippen molar-refractivity contribution in [1.82, 2.24) is 0 Å². The van der Waals surface area contributed by atoms with Gasteiger partial charge in [-0.1, -0.05) is 163 Å². The van der Waals surface area contributed by atoms with Gasteiger partial charge in [-0.3, -0.25) is 0 Å². The second-order valence-electron chi connectivity index (χ2n) is 10.5. The minimum Gasteiger partial charge on any atom is -0.455 e. The molecule has 0 atom stereocenters. The molecule has 228 valence electrons. The molecule has 0 amide bonds. The van der Waals surface area contributed by atoms with Crippen molar-refractivity contribution in [2.24, 2.45) is 0 Å². The minimum absolute atomic E-state index is 0.491. The van der Waals surface area contributed by atoms with Gasteiger partial charge in [-0.15, -0.1) is 0 Å². The molecule has 1 aromatic heterocycles. The molecule has 1 heterocycles. The Morgan fingerprint density at radius 1 is 0.347 bits per heavy atom. The van der Waals surface area contributed by atoms with Crippen LogP contribution in [-0.4, -0.2) is 0 Å². The highest BCUT2D eigenvalue weighted by Gasteiger charge is 2.21. The van der Waals surface area contributed by atoms with Crippen LogP contribution < -0.4 is 0 Å². The summed E-state index contributed by atoms with van der Waals surface area (Å²) in [7, 11) is 0. The molecule has 0 aliphatic rings. The molecule has 0 aliphatic carbocycles. The number of hydrogen-bond donors (Lipinski definition) is 0. The third-order valence-corrected chi connectivity index (χ3v) is 7.94. The maximum atomic E-state index is 10.1. The second kappa shape index (κ2) is 11.1. The lowest BCUT2D eigenvalue weighted by molar-refractivity contribution is 0.673. The summed E-state index contributed by atoms with van der Waals surface area (Å²) in [5, 5.41) is -5.46. The van der Waals surface area contributed by atoms with Crippen molar-refractivity contribution < 1.29 is 45.5 Å². The molecule has 0 saturated heterocycles. The summed E-state index contributed by atoms with van der Waals surface area (Å²) in [6.07, 6.45) is 0. The highest BCUT2D eigenvalue weighted by Crippen LogP contribution is 2.48. The summed E-state index contributed by atoms with van der Waals surface area (Å²) in [6.45, 7) is 0. The molecule has 0 aliphatic heterocycles. The Morgan fingerprint density at radius 3 is 1.59 bits per heavy atom. The van der Waals surface area contributed by atoms with Gasteiger partial charge in [-0.2, -0.15) is 0 Å². The van der Waals surface area contributed by atoms with Crippen LogP contribution in [0.5, 0.6) is 0 Å². The van der Waals surface area contributed by atoms with Gasteiger partial charge in [0.2, 0.25) is 0 Å². The first-order valence-electron chi connectivity index (χ1n) is 29.4. The molecular weight excluding hydrogens is 593 g/mol. The van der Waals surface area contributed by atoms with Crippen molar-refractivity contribution >= 4 is 54.3 Å². The fraction of sp³-hybridized carbons (Fsp3) is 0. The van der Waals surface area contributed by atoms with E-state index >= 15 is 0 Å². The standard InChI is InChI=1S/C48H30O/c1-3-14-31(15-4-1)35-28-27-34(30-43(35)32-16-5-2-6-17-32)45-37-20-9-11-22-39(37)46(40-23-12-10-21-38(40)45)41-24-13-25-44-47(41)42-29-26-33-18-7-8-19-36(33)48(42)49-44/h1-30H/i1D,2D,3D,4D,5D,6D,7D,8D,9D,10D,11D,12D,13D,14D,15D,16D,17D,18D,19D,20D,21D,22D,23D,24D,25D,26D,27D,28D,29D,30D. The van der Waals surface area contributed by atoms with E-state index in [9.17, 15) is 12.3 Å². The van der Waals surface area contributed by atoms with Gasteiger partial charge in [0, 0.05) is 16.2 Å². The second-order valence-corrected chi connectivity index (χ2v) is 10.5. The summed E-state index contributed by atoms with van der Waals surface area (Å²) >= 11 is 0. The monoisotopic (exact) mass is 652 g/mol. The molecule has 0 N–H and O–H groups in total. The maximum Gasteiger partial charge on any atom is 0.143 e. The molecule has 9 aromatic carbocycles. The Bertz CT molecular complexity index is 4460. The zero-order valence-electron chi connectivity index (χ0n) is 54.4. The average molecular weight is 653 g/mol. The molecule has 10 rings (SSSR count). The van der Waals surface area contributed by atoms with Gasteiger partial charge < -0.3 is 4.42 Å². The summed E-state index contributed by atoms with van der Waals surface area (Å²) in [6, 6.07) is -30.1. The number of fused-ring (bicyclic) bond motifs is 7. The molecule has 0 bridgehead atoms. The molecule has 49 heavy (non-hydrogen) atoms.